The number of hydrogen-bond acceptors (Lipinski definition) is 5. The van der Waals surface area contributed by atoms with E-state index in [0.717, 1.165) is 73.1 Å². The van der Waals surface area contributed by atoms with Crippen LogP contribution in [0.1, 0.15) is 61.6 Å². The van der Waals surface area contributed by atoms with Crippen molar-refractivity contribution >= 4 is 35.2 Å². The quantitative estimate of drug-likeness (QED) is 0.537. The standard InChI is InChI=1S/C25H33N3O3S/c1-14-10-11-17-21(15(14)2)26-24(31)25(17)20-19(18(27-25)12-13-32-3)22(29)28(23(20)30)16-8-6-4-5-7-9-16/h10-11,16,18-20,27H,4-9,12-13H2,1-3H3,(H,26,31)/t18-,19-,20-,25-/m1/s1. The maximum Gasteiger partial charge on any atom is 0.250 e. The van der Waals surface area contributed by atoms with Crippen LogP contribution in [0, 0.1) is 25.7 Å². The van der Waals surface area contributed by atoms with E-state index in [1.807, 2.05) is 32.2 Å². The van der Waals surface area contributed by atoms with Crippen LogP contribution in [-0.4, -0.2) is 46.7 Å². The van der Waals surface area contributed by atoms with E-state index in [1.165, 1.54) is 0 Å². The summed E-state index contributed by atoms with van der Waals surface area (Å²) in [6, 6.07) is 3.79. The molecule has 0 unspecified atom stereocenters. The maximum atomic E-state index is 14.0. The van der Waals surface area contributed by atoms with Gasteiger partial charge in [0.15, 0.2) is 0 Å². The Balaban J connectivity index is 1.61. The minimum Gasteiger partial charge on any atom is -0.324 e. The predicted molar refractivity (Wildman–Crippen MR) is 126 cm³/mol. The van der Waals surface area contributed by atoms with E-state index < -0.39 is 17.4 Å². The number of amides is 3. The van der Waals surface area contributed by atoms with E-state index in [0.29, 0.717) is 0 Å². The third-order valence-electron chi connectivity index (χ3n) is 8.28. The molecule has 1 aromatic rings. The molecule has 6 nitrogen and oxygen atoms in total. The van der Waals surface area contributed by atoms with Gasteiger partial charge in [-0.25, -0.2) is 0 Å². The Labute approximate surface area is 194 Å². The summed E-state index contributed by atoms with van der Waals surface area (Å²) in [5, 5.41) is 6.64. The number of nitrogens with one attached hydrogen (secondary N) is 2. The Bertz CT molecular complexity index is 971. The molecule has 5 rings (SSSR count). The van der Waals surface area contributed by atoms with Crippen molar-refractivity contribution in [3.05, 3.63) is 28.8 Å². The molecule has 1 aromatic carbocycles. The van der Waals surface area contributed by atoms with Gasteiger partial charge in [-0.1, -0.05) is 37.8 Å². The largest absolute Gasteiger partial charge is 0.324 e. The van der Waals surface area contributed by atoms with Crippen LogP contribution in [0.15, 0.2) is 12.1 Å². The van der Waals surface area contributed by atoms with E-state index in [9.17, 15) is 14.4 Å². The van der Waals surface area contributed by atoms with Gasteiger partial charge < -0.3 is 5.32 Å². The van der Waals surface area contributed by atoms with Crippen molar-refractivity contribution < 1.29 is 14.4 Å². The van der Waals surface area contributed by atoms with Crippen LogP contribution in [0.25, 0.3) is 0 Å². The number of thioether (sulfide) groups is 1. The molecule has 0 aromatic heterocycles. The number of rotatable bonds is 4. The second-order valence-electron chi connectivity index (χ2n) is 9.92. The van der Waals surface area contributed by atoms with Gasteiger partial charge in [-0.05, 0) is 56.2 Å². The summed E-state index contributed by atoms with van der Waals surface area (Å²) >= 11 is 1.73. The Kier molecular flexibility index (Phi) is 5.61. The zero-order valence-corrected chi connectivity index (χ0v) is 20.0. The van der Waals surface area contributed by atoms with Crippen molar-refractivity contribution in [2.45, 2.75) is 76.4 Å². The number of hydrogen-bond donors (Lipinski definition) is 2. The van der Waals surface area contributed by atoms with Crippen LogP contribution < -0.4 is 10.6 Å². The first-order chi connectivity index (χ1) is 15.4. The number of carbonyl (C=O) groups is 3. The van der Waals surface area contributed by atoms with Crippen LogP contribution in [0.2, 0.25) is 0 Å². The predicted octanol–water partition coefficient (Wildman–Crippen LogP) is 3.50. The molecule has 1 aliphatic carbocycles. The Morgan fingerprint density at radius 3 is 2.47 bits per heavy atom. The monoisotopic (exact) mass is 455 g/mol. The van der Waals surface area contributed by atoms with E-state index in [1.54, 1.807) is 16.7 Å². The highest BCUT2D eigenvalue weighted by molar-refractivity contribution is 7.98. The highest BCUT2D eigenvalue weighted by Gasteiger charge is 2.70. The third kappa shape index (κ3) is 3.00. The number of likely N-dealkylation sites (tertiary alicyclic amines) is 1. The number of carbonyl (C=O) groups excluding carboxylic acids is 3. The molecular weight excluding hydrogens is 422 g/mol. The van der Waals surface area contributed by atoms with E-state index in [4.69, 9.17) is 0 Å². The molecule has 172 valence electrons. The Morgan fingerprint density at radius 1 is 1.06 bits per heavy atom. The molecule has 2 N–H and O–H groups in total. The van der Waals surface area contributed by atoms with Gasteiger partial charge in [0.05, 0.1) is 11.8 Å². The third-order valence-corrected chi connectivity index (χ3v) is 8.92. The maximum absolute atomic E-state index is 14.0. The van der Waals surface area contributed by atoms with E-state index in [-0.39, 0.29) is 29.8 Å². The lowest BCUT2D eigenvalue weighted by molar-refractivity contribution is -0.145. The van der Waals surface area contributed by atoms with Gasteiger partial charge in [0, 0.05) is 23.3 Å². The van der Waals surface area contributed by atoms with Crippen molar-refractivity contribution in [3.63, 3.8) is 0 Å². The van der Waals surface area contributed by atoms with Crippen LogP contribution in [0.4, 0.5) is 5.69 Å². The van der Waals surface area contributed by atoms with Crippen molar-refractivity contribution in [3.8, 4) is 0 Å². The normalized spacial score (nSPS) is 32.4. The molecule has 4 aliphatic rings. The number of imide groups is 1. The summed E-state index contributed by atoms with van der Waals surface area (Å²) in [5.41, 5.74) is 2.60. The lowest BCUT2D eigenvalue weighted by atomic mass is 9.76. The molecule has 3 aliphatic heterocycles. The molecule has 3 amide bonds. The first-order valence-electron chi connectivity index (χ1n) is 12.0. The second-order valence-corrected chi connectivity index (χ2v) is 10.9. The Hall–Kier alpha value is -1.86. The van der Waals surface area contributed by atoms with Gasteiger partial charge in [-0.2, -0.15) is 11.8 Å². The van der Waals surface area contributed by atoms with Gasteiger partial charge in [0.25, 0.3) is 0 Å². The summed E-state index contributed by atoms with van der Waals surface area (Å²) in [7, 11) is 0. The second kappa shape index (κ2) is 8.17. The molecule has 3 fully saturated rings. The van der Waals surface area contributed by atoms with E-state index in [2.05, 4.69) is 10.6 Å². The molecule has 7 heteroatoms. The summed E-state index contributed by atoms with van der Waals surface area (Å²) in [6.07, 6.45) is 9.00. The zero-order valence-electron chi connectivity index (χ0n) is 19.2. The molecule has 32 heavy (non-hydrogen) atoms. The van der Waals surface area contributed by atoms with Crippen molar-refractivity contribution in [1.29, 1.82) is 0 Å². The Morgan fingerprint density at radius 2 is 1.78 bits per heavy atom. The number of aryl methyl sites for hydroxylation is 1. The minimum absolute atomic E-state index is 0.0231. The van der Waals surface area contributed by atoms with Gasteiger partial charge in [-0.3, -0.25) is 24.6 Å². The highest BCUT2D eigenvalue weighted by Crippen LogP contribution is 2.54. The molecule has 1 spiro atoms. The summed E-state index contributed by atoms with van der Waals surface area (Å²) < 4.78 is 0. The molecular formula is C25H33N3O3S. The zero-order chi connectivity index (χ0) is 22.6. The topological polar surface area (TPSA) is 78.5 Å². The average molecular weight is 456 g/mol. The average Bonchev–Trinajstić information content (AvgIpc) is 3.24. The molecule has 1 saturated carbocycles. The highest BCUT2D eigenvalue weighted by atomic mass is 32.2. The molecule has 4 atom stereocenters. The lowest BCUT2D eigenvalue weighted by Gasteiger charge is -2.32. The fourth-order valence-corrected chi connectivity index (χ4v) is 7.00. The number of nitrogens with zero attached hydrogens (tertiary/aromatic N) is 1. The minimum atomic E-state index is -1.16. The summed E-state index contributed by atoms with van der Waals surface area (Å²) in [5.74, 6) is -0.667. The van der Waals surface area contributed by atoms with Crippen LogP contribution in [0.5, 0.6) is 0 Å². The van der Waals surface area contributed by atoms with Crippen LogP contribution in [-0.2, 0) is 19.9 Å². The van der Waals surface area contributed by atoms with Gasteiger partial charge in [-0.15, -0.1) is 0 Å². The lowest BCUT2D eigenvalue weighted by Crippen LogP contribution is -2.54. The van der Waals surface area contributed by atoms with Gasteiger partial charge >= 0.3 is 0 Å². The van der Waals surface area contributed by atoms with E-state index >= 15 is 0 Å². The number of anilines is 1. The number of fused-ring (bicyclic) bond motifs is 4. The van der Waals surface area contributed by atoms with Gasteiger partial charge in [0.2, 0.25) is 17.7 Å². The van der Waals surface area contributed by atoms with Crippen molar-refractivity contribution in [2.75, 3.05) is 17.3 Å². The fraction of sp³-hybridized carbons (Fsp3) is 0.640. The molecule has 0 bridgehead atoms. The SMILES string of the molecule is CSCC[C@H]1N[C@@]2(C(=O)Nc3c2ccc(C)c3C)[C@H]2C(=O)N(C3CCCCCC3)C(=O)[C@H]12. The smallest absolute Gasteiger partial charge is 0.250 e. The number of benzene rings is 1. The molecule has 0 radical (unpaired) electrons. The first kappa shape index (κ1) is 22.0. The first-order valence-corrected chi connectivity index (χ1v) is 13.4. The van der Waals surface area contributed by atoms with Crippen molar-refractivity contribution in [2.24, 2.45) is 11.8 Å². The van der Waals surface area contributed by atoms with Crippen molar-refractivity contribution in [1.82, 2.24) is 10.2 Å². The molecule has 3 heterocycles. The fourth-order valence-electron chi connectivity index (χ4n) is 6.51. The van der Waals surface area contributed by atoms with Gasteiger partial charge in [0.1, 0.15) is 5.54 Å². The van der Waals surface area contributed by atoms with Crippen LogP contribution >= 0.6 is 11.8 Å². The summed E-state index contributed by atoms with van der Waals surface area (Å²) in [6.45, 7) is 4.03. The molecule has 2 saturated heterocycles. The van der Waals surface area contributed by atoms with Crippen LogP contribution in [0.3, 0.4) is 0 Å². The summed E-state index contributed by atoms with van der Waals surface area (Å²) in [4.78, 5) is 43.0.